The van der Waals surface area contributed by atoms with Gasteiger partial charge < -0.3 is 29.6 Å². The molecule has 1 atom stereocenters. The Labute approximate surface area is 185 Å². The first-order chi connectivity index (χ1) is 13.1. The number of nitrogens with one attached hydrogen (secondary N) is 2. The molecule has 1 fully saturated rings. The van der Waals surface area contributed by atoms with Crippen molar-refractivity contribution in [3.8, 4) is 11.5 Å². The van der Waals surface area contributed by atoms with Gasteiger partial charge in [-0.3, -0.25) is 4.99 Å². The maximum absolute atomic E-state index is 5.95. The minimum absolute atomic E-state index is 0. The zero-order chi connectivity index (χ0) is 19.5. The first-order valence-corrected chi connectivity index (χ1v) is 9.56. The van der Waals surface area contributed by atoms with Crippen LogP contribution in [0.25, 0.3) is 0 Å². The van der Waals surface area contributed by atoms with Crippen LogP contribution in [0.2, 0.25) is 0 Å². The van der Waals surface area contributed by atoms with Crippen molar-refractivity contribution in [3.63, 3.8) is 0 Å². The van der Waals surface area contributed by atoms with Crippen LogP contribution in [0.4, 0.5) is 0 Å². The Morgan fingerprint density at radius 3 is 2.57 bits per heavy atom. The summed E-state index contributed by atoms with van der Waals surface area (Å²) in [6.07, 6.45) is 1.70. The molecule has 2 rings (SSSR count). The van der Waals surface area contributed by atoms with Crippen LogP contribution < -0.4 is 20.1 Å². The molecule has 2 N–H and O–H groups in total. The van der Waals surface area contributed by atoms with Gasteiger partial charge in [0.25, 0.3) is 0 Å². The molecule has 1 saturated heterocycles. The van der Waals surface area contributed by atoms with E-state index in [4.69, 9.17) is 23.9 Å². The highest BCUT2D eigenvalue weighted by Crippen LogP contribution is 2.24. The van der Waals surface area contributed by atoms with Crippen molar-refractivity contribution in [2.45, 2.75) is 38.4 Å². The average Bonchev–Trinajstić information content (AvgIpc) is 2.71. The zero-order valence-corrected chi connectivity index (χ0v) is 19.7. The van der Waals surface area contributed by atoms with Crippen molar-refractivity contribution in [1.82, 2.24) is 10.6 Å². The number of rotatable bonds is 9. The van der Waals surface area contributed by atoms with Crippen molar-refractivity contribution in [2.24, 2.45) is 4.99 Å². The molecule has 0 aromatic heterocycles. The lowest BCUT2D eigenvalue weighted by atomic mass is 9.94. The van der Waals surface area contributed by atoms with Crippen LogP contribution in [-0.4, -0.2) is 64.7 Å². The number of hydrogen-bond donors (Lipinski definition) is 2. The Kier molecular flexibility index (Phi) is 11.6. The fourth-order valence-electron chi connectivity index (χ4n) is 2.92. The van der Waals surface area contributed by atoms with Crippen LogP contribution in [-0.2, 0) is 9.47 Å². The Balaban J connectivity index is 0.00000392. The largest absolute Gasteiger partial charge is 0.497 e. The molecule has 0 bridgehead atoms. The number of benzene rings is 1. The summed E-state index contributed by atoms with van der Waals surface area (Å²) in [6.45, 7) is 7.54. The highest BCUT2D eigenvalue weighted by atomic mass is 127. The topological polar surface area (TPSA) is 73.3 Å². The van der Waals surface area contributed by atoms with Gasteiger partial charge in [-0.2, -0.15) is 0 Å². The molecule has 0 spiro atoms. The Morgan fingerprint density at radius 2 is 1.93 bits per heavy atom. The summed E-state index contributed by atoms with van der Waals surface area (Å²) < 4.78 is 22.4. The lowest BCUT2D eigenvalue weighted by Crippen LogP contribution is -2.45. The minimum atomic E-state index is -0.233. The molecule has 1 aliphatic heterocycles. The van der Waals surface area contributed by atoms with Gasteiger partial charge in [0, 0.05) is 45.8 Å². The molecule has 1 unspecified atom stereocenters. The quantitative estimate of drug-likeness (QED) is 0.304. The summed E-state index contributed by atoms with van der Waals surface area (Å²) >= 11 is 0. The van der Waals surface area contributed by atoms with E-state index in [1.54, 1.807) is 14.2 Å². The van der Waals surface area contributed by atoms with Gasteiger partial charge in [-0.25, -0.2) is 0 Å². The summed E-state index contributed by atoms with van der Waals surface area (Å²) in [6, 6.07) is 7.61. The SMILES string of the molecule is CCNC(=NCC1(OC)CCOCC1)NCC(C)Oc1cccc(OC)c1.I. The fraction of sp³-hybridized carbons (Fsp3) is 0.650. The van der Waals surface area contributed by atoms with Gasteiger partial charge in [-0.15, -0.1) is 24.0 Å². The van der Waals surface area contributed by atoms with E-state index in [9.17, 15) is 0 Å². The van der Waals surface area contributed by atoms with Gasteiger partial charge in [0.1, 0.15) is 17.6 Å². The summed E-state index contributed by atoms with van der Waals surface area (Å²) in [4.78, 5) is 4.72. The van der Waals surface area contributed by atoms with Gasteiger partial charge in [0.2, 0.25) is 0 Å². The molecule has 1 aromatic carbocycles. The molecule has 160 valence electrons. The lowest BCUT2D eigenvalue weighted by Gasteiger charge is -2.34. The molecule has 28 heavy (non-hydrogen) atoms. The van der Waals surface area contributed by atoms with Gasteiger partial charge in [0.15, 0.2) is 5.96 Å². The van der Waals surface area contributed by atoms with Gasteiger partial charge in [0.05, 0.1) is 25.8 Å². The second-order valence-corrected chi connectivity index (χ2v) is 6.68. The van der Waals surface area contributed by atoms with Crippen LogP contribution in [0.1, 0.15) is 26.7 Å². The maximum atomic E-state index is 5.95. The van der Waals surface area contributed by atoms with Gasteiger partial charge in [-0.1, -0.05) is 6.07 Å². The van der Waals surface area contributed by atoms with Crippen LogP contribution >= 0.6 is 24.0 Å². The molecule has 8 heteroatoms. The van der Waals surface area contributed by atoms with Crippen LogP contribution in [0.5, 0.6) is 11.5 Å². The van der Waals surface area contributed by atoms with Crippen LogP contribution in [0, 0.1) is 0 Å². The molecule has 1 aliphatic rings. The Morgan fingerprint density at radius 1 is 1.21 bits per heavy atom. The van der Waals surface area contributed by atoms with E-state index in [1.165, 1.54) is 0 Å². The molecule has 1 heterocycles. The average molecular weight is 507 g/mol. The Hall–Kier alpha value is -1.26. The van der Waals surface area contributed by atoms with E-state index >= 15 is 0 Å². The number of nitrogens with zero attached hydrogens (tertiary/aromatic N) is 1. The molecule has 7 nitrogen and oxygen atoms in total. The second kappa shape index (κ2) is 13.1. The monoisotopic (exact) mass is 507 g/mol. The molecule has 0 aliphatic carbocycles. The number of hydrogen-bond acceptors (Lipinski definition) is 5. The molecule has 0 saturated carbocycles. The summed E-state index contributed by atoms with van der Waals surface area (Å²) in [5.41, 5.74) is -0.233. The molecule has 1 aromatic rings. The summed E-state index contributed by atoms with van der Waals surface area (Å²) in [5.74, 6) is 2.33. The van der Waals surface area contributed by atoms with E-state index in [0.29, 0.717) is 13.1 Å². The van der Waals surface area contributed by atoms with Crippen LogP contribution in [0.15, 0.2) is 29.3 Å². The number of aliphatic imine (C=N–C) groups is 1. The number of halogens is 1. The van der Waals surface area contributed by atoms with Crippen molar-refractivity contribution < 1.29 is 18.9 Å². The summed E-state index contributed by atoms with van der Waals surface area (Å²) in [7, 11) is 3.40. The van der Waals surface area contributed by atoms with Gasteiger partial charge in [-0.05, 0) is 26.0 Å². The van der Waals surface area contributed by atoms with E-state index < -0.39 is 0 Å². The lowest BCUT2D eigenvalue weighted by molar-refractivity contribution is -0.0828. The number of guanidine groups is 1. The molecule has 0 radical (unpaired) electrons. The van der Waals surface area contributed by atoms with Crippen molar-refractivity contribution in [3.05, 3.63) is 24.3 Å². The predicted octanol–water partition coefficient (Wildman–Crippen LogP) is 2.83. The van der Waals surface area contributed by atoms with Crippen molar-refractivity contribution >= 4 is 29.9 Å². The zero-order valence-electron chi connectivity index (χ0n) is 17.3. The maximum Gasteiger partial charge on any atom is 0.191 e. The Bertz CT molecular complexity index is 595. The molecular formula is C20H34IN3O4. The van der Waals surface area contributed by atoms with Crippen LogP contribution in [0.3, 0.4) is 0 Å². The van der Waals surface area contributed by atoms with Crippen molar-refractivity contribution in [1.29, 1.82) is 0 Å². The van der Waals surface area contributed by atoms with Gasteiger partial charge >= 0.3 is 0 Å². The van der Waals surface area contributed by atoms with E-state index in [2.05, 4.69) is 10.6 Å². The van der Waals surface area contributed by atoms with E-state index in [-0.39, 0.29) is 35.7 Å². The second-order valence-electron chi connectivity index (χ2n) is 6.68. The third-order valence-electron chi connectivity index (χ3n) is 4.64. The molecular weight excluding hydrogens is 473 g/mol. The first kappa shape index (κ1) is 24.8. The summed E-state index contributed by atoms with van der Waals surface area (Å²) in [5, 5.41) is 6.62. The van der Waals surface area contributed by atoms with E-state index in [0.717, 1.165) is 50.1 Å². The third kappa shape index (κ3) is 8.00. The third-order valence-corrected chi connectivity index (χ3v) is 4.64. The standard InChI is InChI=1S/C20H33N3O4.HI/c1-5-21-19(23-15-20(25-4)9-11-26-12-10-20)22-14-16(2)27-18-8-6-7-17(13-18)24-3;/h6-8,13,16H,5,9-12,14-15H2,1-4H3,(H2,21,22,23);1H. The van der Waals surface area contributed by atoms with E-state index in [1.807, 2.05) is 38.1 Å². The fourth-order valence-corrected chi connectivity index (χ4v) is 2.92. The predicted molar refractivity (Wildman–Crippen MR) is 122 cm³/mol. The number of ether oxygens (including phenoxy) is 4. The highest BCUT2D eigenvalue weighted by molar-refractivity contribution is 14.0. The molecule has 0 amide bonds. The van der Waals surface area contributed by atoms with Crippen molar-refractivity contribution in [2.75, 3.05) is 47.1 Å². The normalized spacial score (nSPS) is 17.2. The smallest absolute Gasteiger partial charge is 0.191 e. The first-order valence-electron chi connectivity index (χ1n) is 9.56. The minimum Gasteiger partial charge on any atom is -0.497 e. The number of methoxy groups -OCH3 is 2. The highest BCUT2D eigenvalue weighted by Gasteiger charge is 2.32.